The minimum absolute atomic E-state index is 0.206. The maximum absolute atomic E-state index is 11.2. The van der Waals surface area contributed by atoms with Gasteiger partial charge in [0.05, 0.1) is 5.37 Å². The summed E-state index contributed by atoms with van der Waals surface area (Å²) in [7, 11) is 0. The summed E-state index contributed by atoms with van der Waals surface area (Å²) in [6.07, 6.45) is 7.18. The van der Waals surface area contributed by atoms with E-state index in [9.17, 15) is 9.90 Å². The van der Waals surface area contributed by atoms with Crippen LogP contribution < -0.4 is 5.32 Å². The van der Waals surface area contributed by atoms with E-state index >= 15 is 0 Å². The number of thioether (sulfide) groups is 1. The van der Waals surface area contributed by atoms with Gasteiger partial charge < -0.3 is 5.11 Å². The fourth-order valence-corrected chi connectivity index (χ4v) is 5.20. The molecule has 2 fully saturated rings. The molecule has 2 bridgehead atoms. The smallest absolute Gasteiger partial charge is 0.322 e. The Bertz CT molecular complexity index is 380. The lowest BCUT2D eigenvalue weighted by Gasteiger charge is -2.25. The SMILES string of the molecule is CC1(C)S[C@@H](C2C[C@H]3C=C[C@@H]2C3)N[C@H]1C(=O)O. The maximum atomic E-state index is 11.2. The van der Waals surface area contributed by atoms with Crippen LogP contribution in [0.5, 0.6) is 0 Å². The lowest BCUT2D eigenvalue weighted by Crippen LogP contribution is -2.46. The van der Waals surface area contributed by atoms with Gasteiger partial charge in [0, 0.05) is 4.75 Å². The van der Waals surface area contributed by atoms with Crippen LogP contribution in [-0.4, -0.2) is 27.2 Å². The van der Waals surface area contributed by atoms with E-state index in [0.717, 1.165) is 5.92 Å². The van der Waals surface area contributed by atoms with Gasteiger partial charge in [-0.1, -0.05) is 12.2 Å². The van der Waals surface area contributed by atoms with Crippen molar-refractivity contribution < 1.29 is 9.90 Å². The van der Waals surface area contributed by atoms with E-state index in [0.29, 0.717) is 17.2 Å². The molecule has 0 aromatic heterocycles. The van der Waals surface area contributed by atoms with E-state index in [1.807, 2.05) is 25.6 Å². The second-order valence-corrected chi connectivity index (χ2v) is 7.82. The van der Waals surface area contributed by atoms with Crippen molar-refractivity contribution in [3.63, 3.8) is 0 Å². The Morgan fingerprint density at radius 2 is 2.18 bits per heavy atom. The molecule has 1 aliphatic heterocycles. The van der Waals surface area contributed by atoms with Gasteiger partial charge in [-0.05, 0) is 44.4 Å². The monoisotopic (exact) mass is 253 g/mol. The summed E-state index contributed by atoms with van der Waals surface area (Å²) in [6, 6.07) is -0.416. The van der Waals surface area contributed by atoms with Crippen molar-refractivity contribution >= 4 is 17.7 Å². The van der Waals surface area contributed by atoms with Gasteiger partial charge >= 0.3 is 5.97 Å². The summed E-state index contributed by atoms with van der Waals surface area (Å²) in [5.74, 6) is 1.33. The molecule has 3 nitrogen and oxygen atoms in total. The number of carboxylic acid groups (broad SMARTS) is 1. The third-order valence-electron chi connectivity index (χ3n) is 4.42. The van der Waals surface area contributed by atoms with Crippen LogP contribution in [0.2, 0.25) is 0 Å². The van der Waals surface area contributed by atoms with E-state index in [2.05, 4.69) is 17.5 Å². The highest BCUT2D eigenvalue weighted by Crippen LogP contribution is 2.51. The van der Waals surface area contributed by atoms with Gasteiger partial charge in [-0.2, -0.15) is 0 Å². The molecule has 0 spiro atoms. The van der Waals surface area contributed by atoms with Gasteiger partial charge in [-0.25, -0.2) is 0 Å². The van der Waals surface area contributed by atoms with E-state index in [4.69, 9.17) is 0 Å². The molecule has 0 aromatic rings. The molecule has 3 rings (SSSR count). The number of hydrogen-bond donors (Lipinski definition) is 2. The Labute approximate surface area is 106 Å². The summed E-state index contributed by atoms with van der Waals surface area (Å²) in [5, 5.41) is 12.9. The quantitative estimate of drug-likeness (QED) is 0.740. The second-order valence-electron chi connectivity index (χ2n) is 6.02. The Morgan fingerprint density at radius 1 is 1.41 bits per heavy atom. The topological polar surface area (TPSA) is 49.3 Å². The molecule has 1 unspecified atom stereocenters. The number of allylic oxidation sites excluding steroid dienone is 2. The molecule has 3 aliphatic rings. The molecule has 0 radical (unpaired) electrons. The van der Waals surface area contributed by atoms with Crippen LogP contribution in [0.1, 0.15) is 26.7 Å². The highest BCUT2D eigenvalue weighted by molar-refractivity contribution is 8.01. The van der Waals surface area contributed by atoms with Crippen molar-refractivity contribution in [1.82, 2.24) is 5.32 Å². The number of carbonyl (C=O) groups is 1. The van der Waals surface area contributed by atoms with E-state index in [1.54, 1.807) is 0 Å². The van der Waals surface area contributed by atoms with Crippen LogP contribution >= 0.6 is 11.8 Å². The van der Waals surface area contributed by atoms with Crippen molar-refractivity contribution in [2.24, 2.45) is 17.8 Å². The van der Waals surface area contributed by atoms with Gasteiger partial charge in [0.1, 0.15) is 6.04 Å². The molecular formula is C13H19NO2S. The van der Waals surface area contributed by atoms with Crippen LogP contribution in [0.4, 0.5) is 0 Å². The first-order valence-electron chi connectivity index (χ1n) is 6.32. The van der Waals surface area contributed by atoms with E-state index in [-0.39, 0.29) is 4.75 Å². The zero-order valence-electron chi connectivity index (χ0n) is 10.2. The van der Waals surface area contributed by atoms with Gasteiger partial charge in [0.15, 0.2) is 0 Å². The summed E-state index contributed by atoms with van der Waals surface area (Å²) < 4.78 is -0.206. The fourth-order valence-electron chi connectivity index (χ4n) is 3.55. The highest BCUT2D eigenvalue weighted by Gasteiger charge is 2.50. The normalized spacial score (nSPS) is 46.6. The van der Waals surface area contributed by atoms with Crippen molar-refractivity contribution in [2.75, 3.05) is 0 Å². The first kappa shape index (κ1) is 11.6. The van der Waals surface area contributed by atoms with Crippen molar-refractivity contribution in [2.45, 2.75) is 42.9 Å². The minimum atomic E-state index is -0.719. The molecule has 1 saturated heterocycles. The first-order chi connectivity index (χ1) is 7.97. The molecule has 4 heteroatoms. The average Bonchev–Trinajstić information content (AvgIpc) is 2.89. The summed E-state index contributed by atoms with van der Waals surface area (Å²) in [4.78, 5) is 11.2. The number of rotatable bonds is 2. The van der Waals surface area contributed by atoms with Crippen molar-refractivity contribution in [3.8, 4) is 0 Å². The molecular weight excluding hydrogens is 234 g/mol. The molecule has 2 aliphatic carbocycles. The van der Waals surface area contributed by atoms with Crippen LogP contribution in [0.25, 0.3) is 0 Å². The van der Waals surface area contributed by atoms with Gasteiger partial charge in [-0.3, -0.25) is 10.1 Å². The lowest BCUT2D eigenvalue weighted by molar-refractivity contribution is -0.140. The van der Waals surface area contributed by atoms with Crippen molar-refractivity contribution in [1.29, 1.82) is 0 Å². The van der Waals surface area contributed by atoms with Crippen LogP contribution in [0.15, 0.2) is 12.2 Å². The van der Waals surface area contributed by atoms with Crippen molar-refractivity contribution in [3.05, 3.63) is 12.2 Å². The van der Waals surface area contributed by atoms with Crippen LogP contribution in [0.3, 0.4) is 0 Å². The molecule has 17 heavy (non-hydrogen) atoms. The number of fused-ring (bicyclic) bond motifs is 2. The molecule has 1 heterocycles. The number of carboxylic acids is 1. The molecule has 2 N–H and O–H groups in total. The summed E-state index contributed by atoms with van der Waals surface area (Å²) in [5.41, 5.74) is 0. The molecule has 0 aromatic carbocycles. The largest absolute Gasteiger partial charge is 0.480 e. The predicted octanol–water partition coefficient (Wildman–Crippen LogP) is 2.09. The highest BCUT2D eigenvalue weighted by atomic mass is 32.2. The molecule has 1 saturated carbocycles. The molecule has 0 amide bonds. The zero-order valence-corrected chi connectivity index (χ0v) is 11.0. The third kappa shape index (κ3) is 1.82. The van der Waals surface area contributed by atoms with Crippen LogP contribution in [-0.2, 0) is 4.79 Å². The summed E-state index contributed by atoms with van der Waals surface area (Å²) >= 11 is 1.82. The second kappa shape index (κ2) is 3.75. The predicted molar refractivity (Wildman–Crippen MR) is 68.9 cm³/mol. The number of aliphatic carboxylic acids is 1. The summed E-state index contributed by atoms with van der Waals surface area (Å²) in [6.45, 7) is 4.07. The molecule has 94 valence electrons. The van der Waals surface area contributed by atoms with Gasteiger partial charge in [-0.15, -0.1) is 11.8 Å². The minimum Gasteiger partial charge on any atom is -0.480 e. The Balaban J connectivity index is 1.75. The molecule has 5 atom stereocenters. The van der Waals surface area contributed by atoms with Crippen LogP contribution in [0, 0.1) is 17.8 Å². The zero-order chi connectivity index (χ0) is 12.2. The Hall–Kier alpha value is -0.480. The maximum Gasteiger partial charge on any atom is 0.322 e. The van der Waals surface area contributed by atoms with Gasteiger partial charge in [0.25, 0.3) is 0 Å². The Morgan fingerprint density at radius 3 is 2.65 bits per heavy atom. The number of nitrogens with one attached hydrogen (secondary N) is 1. The van der Waals surface area contributed by atoms with E-state index < -0.39 is 12.0 Å². The fraction of sp³-hybridized carbons (Fsp3) is 0.769. The third-order valence-corrected chi connectivity index (χ3v) is 6.01. The average molecular weight is 253 g/mol. The van der Waals surface area contributed by atoms with E-state index in [1.165, 1.54) is 12.8 Å². The number of hydrogen-bond acceptors (Lipinski definition) is 3. The standard InChI is InChI=1S/C13H19NO2S/c1-13(2)10(12(15)16)14-11(17-13)9-6-7-3-4-8(9)5-7/h3-4,7-11,14H,5-6H2,1-2H3,(H,15,16)/t7-,8+,9?,10-,11-/m0/s1. The van der Waals surface area contributed by atoms with Gasteiger partial charge in [0.2, 0.25) is 0 Å². The lowest BCUT2D eigenvalue weighted by atomic mass is 9.92. The Kier molecular flexibility index (Phi) is 2.56. The first-order valence-corrected chi connectivity index (χ1v) is 7.20.